The Kier molecular flexibility index (Phi) is 6.00. The van der Waals surface area contributed by atoms with Crippen molar-refractivity contribution in [3.8, 4) is 5.75 Å². The number of amides is 3. The van der Waals surface area contributed by atoms with Crippen LogP contribution in [0, 0.1) is 22.6 Å². The highest BCUT2D eigenvalue weighted by Crippen LogP contribution is 2.69. The van der Waals surface area contributed by atoms with Gasteiger partial charge in [-0.25, -0.2) is 9.29 Å². The number of ether oxygens (including phenoxy) is 1. The predicted octanol–water partition coefficient (Wildman–Crippen LogP) is 4.57. The molecule has 7 heteroatoms. The second-order valence-corrected chi connectivity index (χ2v) is 10.2. The first-order chi connectivity index (χ1) is 16.0. The highest BCUT2D eigenvalue weighted by molar-refractivity contribution is 6.23. The zero-order chi connectivity index (χ0) is 24.8. The van der Waals surface area contributed by atoms with Crippen LogP contribution in [0.5, 0.6) is 5.75 Å². The van der Waals surface area contributed by atoms with E-state index in [1.807, 2.05) is 34.6 Å². The van der Waals surface area contributed by atoms with E-state index in [9.17, 15) is 18.8 Å². The van der Waals surface area contributed by atoms with Crippen molar-refractivity contribution in [2.75, 3.05) is 11.5 Å². The molecular formula is C27H31FN2O4. The van der Waals surface area contributed by atoms with Gasteiger partial charge in [0.25, 0.3) is 5.91 Å². The van der Waals surface area contributed by atoms with E-state index in [0.29, 0.717) is 23.6 Å². The van der Waals surface area contributed by atoms with E-state index in [1.54, 1.807) is 36.4 Å². The highest BCUT2D eigenvalue weighted by Gasteiger charge is 2.69. The van der Waals surface area contributed by atoms with Crippen LogP contribution in [-0.2, 0) is 20.9 Å². The Labute approximate surface area is 199 Å². The lowest BCUT2D eigenvalue weighted by Gasteiger charge is -2.29. The average Bonchev–Trinajstić information content (AvgIpc) is 3.02. The van der Waals surface area contributed by atoms with Crippen molar-refractivity contribution in [2.24, 2.45) is 16.7 Å². The molecule has 0 bridgehead atoms. The lowest BCUT2D eigenvalue weighted by molar-refractivity contribution is -0.141. The number of rotatable bonds is 7. The monoisotopic (exact) mass is 466 g/mol. The fourth-order valence-corrected chi connectivity index (χ4v) is 5.10. The summed E-state index contributed by atoms with van der Waals surface area (Å²) in [7, 11) is 0. The molecule has 0 radical (unpaired) electrons. The summed E-state index contributed by atoms with van der Waals surface area (Å²) >= 11 is 0. The number of imide groups is 1. The average molecular weight is 467 g/mol. The SMILES string of the molecule is CCOc1ccc(N2C(=O)CC(N(Cc3ccc(F)cc3)C(=O)C3C(C)(C)C3(C)C)C2=O)cc1. The third-order valence-corrected chi connectivity index (χ3v) is 7.72. The maximum Gasteiger partial charge on any atom is 0.257 e. The van der Waals surface area contributed by atoms with Gasteiger partial charge in [-0.2, -0.15) is 0 Å². The topological polar surface area (TPSA) is 66.9 Å². The summed E-state index contributed by atoms with van der Waals surface area (Å²) < 4.78 is 18.9. The standard InChI is InChI=1S/C27H31FN2O4/c1-6-34-20-13-11-19(12-14-20)30-22(31)15-21(24(30)32)29(16-17-7-9-18(28)10-8-17)25(33)23-26(2,3)27(23,4)5/h7-14,21,23H,6,15-16H2,1-5H3. The summed E-state index contributed by atoms with van der Waals surface area (Å²) in [5.41, 5.74) is 0.685. The van der Waals surface area contributed by atoms with Gasteiger partial charge in [-0.3, -0.25) is 14.4 Å². The van der Waals surface area contributed by atoms with E-state index in [0.717, 1.165) is 4.90 Å². The summed E-state index contributed by atoms with van der Waals surface area (Å²) in [6, 6.07) is 11.7. The van der Waals surface area contributed by atoms with Crippen LogP contribution < -0.4 is 9.64 Å². The number of anilines is 1. The molecule has 2 aliphatic rings. The first kappa shape index (κ1) is 23.9. The van der Waals surface area contributed by atoms with Gasteiger partial charge < -0.3 is 9.64 Å². The van der Waals surface area contributed by atoms with Crippen molar-refractivity contribution in [1.82, 2.24) is 4.90 Å². The van der Waals surface area contributed by atoms with Crippen LogP contribution in [0.15, 0.2) is 48.5 Å². The number of benzene rings is 2. The molecule has 1 atom stereocenters. The third-order valence-electron chi connectivity index (χ3n) is 7.72. The first-order valence-electron chi connectivity index (χ1n) is 11.6. The molecule has 1 saturated heterocycles. The van der Waals surface area contributed by atoms with Gasteiger partial charge in [0.1, 0.15) is 17.6 Å². The molecule has 4 rings (SSSR count). The zero-order valence-corrected chi connectivity index (χ0v) is 20.3. The molecule has 2 aromatic rings. The van der Waals surface area contributed by atoms with E-state index in [1.165, 1.54) is 17.0 Å². The molecule has 0 spiro atoms. The Bertz CT molecular complexity index is 1090. The Morgan fingerprint density at radius 3 is 2.15 bits per heavy atom. The number of halogens is 1. The van der Waals surface area contributed by atoms with Crippen LogP contribution in [-0.4, -0.2) is 35.3 Å². The van der Waals surface area contributed by atoms with Crippen LogP contribution in [0.1, 0.15) is 46.6 Å². The fourth-order valence-electron chi connectivity index (χ4n) is 5.10. The summed E-state index contributed by atoms with van der Waals surface area (Å²) in [5, 5.41) is 0. The molecule has 1 heterocycles. The largest absolute Gasteiger partial charge is 0.494 e. The first-order valence-corrected chi connectivity index (χ1v) is 11.6. The van der Waals surface area contributed by atoms with Gasteiger partial charge in [-0.1, -0.05) is 39.8 Å². The van der Waals surface area contributed by atoms with E-state index < -0.39 is 11.9 Å². The van der Waals surface area contributed by atoms with Crippen LogP contribution in [0.4, 0.5) is 10.1 Å². The quantitative estimate of drug-likeness (QED) is 0.561. The Morgan fingerprint density at radius 1 is 1.03 bits per heavy atom. The molecular weight excluding hydrogens is 435 g/mol. The minimum absolute atomic E-state index is 0.0907. The van der Waals surface area contributed by atoms with Gasteiger partial charge in [-0.15, -0.1) is 0 Å². The second kappa shape index (κ2) is 8.53. The molecule has 0 aromatic heterocycles. The molecule has 180 valence electrons. The van der Waals surface area contributed by atoms with Crippen LogP contribution in [0.2, 0.25) is 0 Å². The third kappa shape index (κ3) is 3.97. The molecule has 1 aliphatic heterocycles. The van der Waals surface area contributed by atoms with Crippen molar-refractivity contribution < 1.29 is 23.5 Å². The van der Waals surface area contributed by atoms with E-state index in [-0.39, 0.29) is 47.3 Å². The normalized spacial score (nSPS) is 21.0. The smallest absolute Gasteiger partial charge is 0.257 e. The minimum atomic E-state index is -0.913. The van der Waals surface area contributed by atoms with Crippen molar-refractivity contribution in [1.29, 1.82) is 0 Å². The molecule has 0 N–H and O–H groups in total. The van der Waals surface area contributed by atoms with E-state index >= 15 is 0 Å². The van der Waals surface area contributed by atoms with Crippen molar-refractivity contribution in [3.63, 3.8) is 0 Å². The van der Waals surface area contributed by atoms with Gasteiger partial charge in [-0.05, 0) is 59.7 Å². The number of carbonyl (C=O) groups is 3. The molecule has 1 unspecified atom stereocenters. The lowest BCUT2D eigenvalue weighted by Crippen LogP contribution is -2.46. The lowest BCUT2D eigenvalue weighted by atomic mass is 10.0. The summed E-state index contributed by atoms with van der Waals surface area (Å²) in [5.74, 6) is -0.943. The minimum Gasteiger partial charge on any atom is -0.494 e. The van der Waals surface area contributed by atoms with E-state index in [2.05, 4.69) is 0 Å². The van der Waals surface area contributed by atoms with Gasteiger partial charge in [0.2, 0.25) is 11.8 Å². The maximum atomic E-state index is 13.8. The summed E-state index contributed by atoms with van der Waals surface area (Å²) in [6.45, 7) is 10.7. The van der Waals surface area contributed by atoms with Crippen LogP contribution in [0.3, 0.4) is 0 Å². The number of nitrogens with zero attached hydrogens (tertiary/aromatic N) is 2. The van der Waals surface area contributed by atoms with E-state index in [4.69, 9.17) is 4.74 Å². The van der Waals surface area contributed by atoms with Crippen LogP contribution in [0.25, 0.3) is 0 Å². The highest BCUT2D eigenvalue weighted by atomic mass is 19.1. The summed E-state index contributed by atoms with van der Waals surface area (Å²) in [6.07, 6.45) is -0.0907. The van der Waals surface area contributed by atoms with Gasteiger partial charge >= 0.3 is 0 Å². The number of hydrogen-bond acceptors (Lipinski definition) is 4. The maximum absolute atomic E-state index is 13.8. The second-order valence-electron chi connectivity index (χ2n) is 10.2. The predicted molar refractivity (Wildman–Crippen MR) is 127 cm³/mol. The molecule has 2 fully saturated rings. The van der Waals surface area contributed by atoms with Crippen molar-refractivity contribution in [2.45, 2.75) is 53.6 Å². The molecule has 6 nitrogen and oxygen atoms in total. The van der Waals surface area contributed by atoms with Gasteiger partial charge in [0.05, 0.1) is 18.7 Å². The Morgan fingerprint density at radius 2 is 1.62 bits per heavy atom. The Balaban J connectivity index is 1.64. The zero-order valence-electron chi connectivity index (χ0n) is 20.3. The van der Waals surface area contributed by atoms with Crippen LogP contribution >= 0.6 is 0 Å². The Hall–Kier alpha value is -3.22. The molecule has 34 heavy (non-hydrogen) atoms. The van der Waals surface area contributed by atoms with Crippen molar-refractivity contribution in [3.05, 3.63) is 59.9 Å². The molecule has 3 amide bonds. The van der Waals surface area contributed by atoms with Gasteiger partial charge in [0, 0.05) is 12.5 Å². The molecule has 1 saturated carbocycles. The molecule has 2 aromatic carbocycles. The van der Waals surface area contributed by atoms with Crippen molar-refractivity contribution >= 4 is 23.4 Å². The molecule has 1 aliphatic carbocycles. The number of hydrogen-bond donors (Lipinski definition) is 0. The number of carbonyl (C=O) groups excluding carboxylic acids is 3. The summed E-state index contributed by atoms with van der Waals surface area (Å²) in [4.78, 5) is 42.9. The van der Waals surface area contributed by atoms with Gasteiger partial charge in [0.15, 0.2) is 0 Å². The fraction of sp³-hybridized carbons (Fsp3) is 0.444.